The van der Waals surface area contributed by atoms with Crippen molar-refractivity contribution in [3.63, 3.8) is 0 Å². The lowest BCUT2D eigenvalue weighted by atomic mass is 10.2. The number of carboxylic acid groups (broad SMARTS) is 1. The summed E-state index contributed by atoms with van der Waals surface area (Å²) in [6.07, 6.45) is 0. The average molecular weight is 338 g/mol. The summed E-state index contributed by atoms with van der Waals surface area (Å²) in [4.78, 5) is 21.3. The Morgan fingerprint density at radius 1 is 1.25 bits per heavy atom. The Hall–Kier alpha value is -2.41. The summed E-state index contributed by atoms with van der Waals surface area (Å²) < 4.78 is 5.91. The van der Waals surface area contributed by atoms with Gasteiger partial charge in [0.15, 0.2) is 0 Å². The molecule has 20 heavy (non-hydrogen) atoms. The Kier molecular flexibility index (Phi) is 3.99. The van der Waals surface area contributed by atoms with Crippen molar-refractivity contribution < 1.29 is 19.6 Å². The minimum atomic E-state index is -1.11. The summed E-state index contributed by atoms with van der Waals surface area (Å²) >= 11 is 3.16. The van der Waals surface area contributed by atoms with Crippen molar-refractivity contribution >= 4 is 27.6 Å². The van der Waals surface area contributed by atoms with E-state index < -0.39 is 10.9 Å². The number of carbonyl (C=O) groups is 1. The van der Waals surface area contributed by atoms with Crippen molar-refractivity contribution in [3.8, 4) is 11.5 Å². The fourth-order valence-corrected chi connectivity index (χ4v) is 2.04. The first-order chi connectivity index (χ1) is 9.47. The third kappa shape index (κ3) is 3.12. The van der Waals surface area contributed by atoms with Gasteiger partial charge in [0, 0.05) is 10.5 Å². The van der Waals surface area contributed by atoms with Gasteiger partial charge in [-0.3, -0.25) is 10.1 Å². The molecule has 0 spiro atoms. The van der Waals surface area contributed by atoms with Crippen molar-refractivity contribution in [1.82, 2.24) is 0 Å². The van der Waals surface area contributed by atoms with E-state index in [4.69, 9.17) is 9.84 Å². The van der Waals surface area contributed by atoms with E-state index >= 15 is 0 Å². The minimum absolute atomic E-state index is 0.0213. The van der Waals surface area contributed by atoms with Gasteiger partial charge in [0.05, 0.1) is 10.5 Å². The summed E-state index contributed by atoms with van der Waals surface area (Å²) in [5.74, 6) is -0.864. The van der Waals surface area contributed by atoms with Crippen molar-refractivity contribution in [3.05, 3.63) is 62.6 Å². The number of hydrogen-bond acceptors (Lipinski definition) is 4. The molecule has 2 aromatic carbocycles. The van der Waals surface area contributed by atoms with Crippen LogP contribution in [-0.2, 0) is 0 Å². The first-order valence-corrected chi connectivity index (χ1v) is 6.22. The number of nitro groups is 1. The molecule has 0 fully saturated rings. The number of nitro benzene ring substituents is 1. The highest BCUT2D eigenvalue weighted by Gasteiger charge is 2.15. The Morgan fingerprint density at radius 2 is 1.95 bits per heavy atom. The van der Waals surface area contributed by atoms with Crippen LogP contribution in [-0.4, -0.2) is 16.0 Å². The van der Waals surface area contributed by atoms with Crippen LogP contribution in [0.15, 0.2) is 46.9 Å². The fraction of sp³-hybridized carbons (Fsp3) is 0. The molecule has 0 heterocycles. The lowest BCUT2D eigenvalue weighted by Crippen LogP contribution is -1.98. The molecule has 0 atom stereocenters. The van der Waals surface area contributed by atoms with Crippen LogP contribution < -0.4 is 4.74 Å². The van der Waals surface area contributed by atoms with Gasteiger partial charge in [0.25, 0.3) is 0 Å². The number of hydrogen-bond donors (Lipinski definition) is 1. The number of ether oxygens (including phenoxy) is 1. The molecular weight excluding hydrogens is 330 g/mol. The Labute approximate surface area is 121 Å². The Balaban J connectivity index is 2.40. The van der Waals surface area contributed by atoms with Gasteiger partial charge >= 0.3 is 11.7 Å². The first-order valence-electron chi connectivity index (χ1n) is 5.42. The smallest absolute Gasteiger partial charge is 0.335 e. The van der Waals surface area contributed by atoms with Crippen LogP contribution in [0.1, 0.15) is 10.4 Å². The molecule has 0 bridgehead atoms. The zero-order valence-electron chi connectivity index (χ0n) is 9.95. The van der Waals surface area contributed by atoms with Crippen LogP contribution in [0, 0.1) is 10.1 Å². The summed E-state index contributed by atoms with van der Waals surface area (Å²) in [5, 5.41) is 19.8. The van der Waals surface area contributed by atoms with E-state index in [0.29, 0.717) is 4.47 Å². The van der Waals surface area contributed by atoms with Crippen LogP contribution in [0.4, 0.5) is 5.69 Å². The number of benzene rings is 2. The van der Waals surface area contributed by atoms with Crippen LogP contribution in [0.3, 0.4) is 0 Å². The van der Waals surface area contributed by atoms with Gasteiger partial charge in [-0.2, -0.15) is 0 Å². The maximum absolute atomic E-state index is 10.9. The number of nitrogens with zero attached hydrogens (tertiary/aromatic N) is 1. The predicted molar refractivity (Wildman–Crippen MR) is 74.3 cm³/mol. The number of aromatic carboxylic acids is 1. The highest BCUT2D eigenvalue weighted by Crippen LogP contribution is 2.32. The van der Waals surface area contributed by atoms with Gasteiger partial charge in [-0.1, -0.05) is 28.1 Å². The lowest BCUT2D eigenvalue weighted by molar-refractivity contribution is -0.385. The molecule has 6 nitrogen and oxygen atoms in total. The second kappa shape index (κ2) is 5.70. The molecule has 0 radical (unpaired) electrons. The van der Waals surface area contributed by atoms with E-state index in [2.05, 4.69) is 15.9 Å². The van der Waals surface area contributed by atoms with Crippen molar-refractivity contribution in [2.45, 2.75) is 0 Å². The van der Waals surface area contributed by atoms with Crippen molar-refractivity contribution in [1.29, 1.82) is 0 Å². The zero-order valence-corrected chi connectivity index (χ0v) is 11.5. The Morgan fingerprint density at radius 3 is 2.60 bits per heavy atom. The predicted octanol–water partition coefficient (Wildman–Crippen LogP) is 3.85. The second-order valence-electron chi connectivity index (χ2n) is 3.81. The van der Waals surface area contributed by atoms with E-state index in [1.54, 1.807) is 6.07 Å². The van der Waals surface area contributed by atoms with Crippen LogP contribution in [0.25, 0.3) is 0 Å². The molecule has 0 saturated carbocycles. The highest BCUT2D eigenvalue weighted by molar-refractivity contribution is 9.10. The van der Waals surface area contributed by atoms with Gasteiger partial charge < -0.3 is 9.84 Å². The first kappa shape index (κ1) is 14.0. The van der Waals surface area contributed by atoms with E-state index in [0.717, 1.165) is 0 Å². The molecule has 1 N–H and O–H groups in total. The van der Waals surface area contributed by atoms with Gasteiger partial charge in [0.1, 0.15) is 5.75 Å². The van der Waals surface area contributed by atoms with Crippen LogP contribution in [0.5, 0.6) is 11.5 Å². The molecule has 0 aliphatic heterocycles. The molecule has 102 valence electrons. The van der Waals surface area contributed by atoms with Gasteiger partial charge in [-0.15, -0.1) is 0 Å². The number of carboxylic acids is 1. The Bertz CT molecular complexity index is 686. The third-order valence-electron chi connectivity index (χ3n) is 2.41. The van der Waals surface area contributed by atoms with Crippen LogP contribution >= 0.6 is 15.9 Å². The molecule has 7 heteroatoms. The largest absolute Gasteiger partial charge is 0.478 e. The molecule has 0 aromatic heterocycles. The molecule has 2 aromatic rings. The number of halogens is 1. The lowest BCUT2D eigenvalue weighted by Gasteiger charge is -2.07. The topological polar surface area (TPSA) is 89.7 Å². The summed E-state index contributed by atoms with van der Waals surface area (Å²) in [7, 11) is 0. The summed E-state index contributed by atoms with van der Waals surface area (Å²) in [6, 6.07) is 10.1. The van der Waals surface area contributed by atoms with E-state index in [1.165, 1.54) is 36.4 Å². The van der Waals surface area contributed by atoms with Crippen molar-refractivity contribution in [2.24, 2.45) is 0 Å². The van der Waals surface area contributed by atoms with Gasteiger partial charge in [-0.05, 0) is 24.3 Å². The van der Waals surface area contributed by atoms with Crippen molar-refractivity contribution in [2.75, 3.05) is 0 Å². The number of para-hydroxylation sites is 2. The standard InChI is InChI=1S/C13H8BrNO5/c14-9-5-8(13(16)17)6-10(7-9)20-12-4-2-1-3-11(12)15(18)19/h1-7H,(H,16,17). The number of rotatable bonds is 4. The SMILES string of the molecule is O=C(O)c1cc(Br)cc(Oc2ccccc2[N+](=O)[O-])c1. The van der Waals surface area contributed by atoms with E-state index in [1.807, 2.05) is 0 Å². The molecule has 0 amide bonds. The molecule has 0 aliphatic rings. The molecule has 0 unspecified atom stereocenters. The molecule has 0 aliphatic carbocycles. The van der Waals surface area contributed by atoms with Crippen LogP contribution in [0.2, 0.25) is 0 Å². The molecule has 2 rings (SSSR count). The maximum atomic E-state index is 10.9. The average Bonchev–Trinajstić information content (AvgIpc) is 2.38. The normalized spacial score (nSPS) is 10.1. The van der Waals surface area contributed by atoms with E-state index in [-0.39, 0.29) is 22.7 Å². The highest BCUT2D eigenvalue weighted by atomic mass is 79.9. The fourth-order valence-electron chi connectivity index (χ4n) is 1.57. The maximum Gasteiger partial charge on any atom is 0.335 e. The minimum Gasteiger partial charge on any atom is -0.478 e. The quantitative estimate of drug-likeness (QED) is 0.676. The molecule has 0 saturated heterocycles. The van der Waals surface area contributed by atoms with Gasteiger partial charge in [-0.25, -0.2) is 4.79 Å². The van der Waals surface area contributed by atoms with E-state index in [9.17, 15) is 14.9 Å². The summed E-state index contributed by atoms with van der Waals surface area (Å²) in [5.41, 5.74) is -0.169. The summed E-state index contributed by atoms with van der Waals surface area (Å²) in [6.45, 7) is 0. The zero-order chi connectivity index (χ0) is 14.7. The molecular formula is C13H8BrNO5. The second-order valence-corrected chi connectivity index (χ2v) is 4.72. The van der Waals surface area contributed by atoms with Gasteiger partial charge in [0.2, 0.25) is 5.75 Å². The third-order valence-corrected chi connectivity index (χ3v) is 2.87. The monoisotopic (exact) mass is 337 g/mol.